The Morgan fingerprint density at radius 1 is 1.18 bits per heavy atom. The molecule has 2 aliphatic heterocycles. The van der Waals surface area contributed by atoms with Crippen molar-refractivity contribution in [2.24, 2.45) is 0 Å². The van der Waals surface area contributed by atoms with Gasteiger partial charge in [0.15, 0.2) is 0 Å². The van der Waals surface area contributed by atoms with Gasteiger partial charge in [-0.2, -0.15) is 0 Å². The molecule has 5 rings (SSSR count). The van der Waals surface area contributed by atoms with Crippen molar-refractivity contribution in [3.63, 3.8) is 0 Å². The Labute approximate surface area is 165 Å². The second-order valence-electron chi connectivity index (χ2n) is 8.26. The maximum atomic E-state index is 13.9. The first kappa shape index (κ1) is 17.5. The molecule has 1 aromatic heterocycles. The summed E-state index contributed by atoms with van der Waals surface area (Å²) >= 11 is 0. The van der Waals surface area contributed by atoms with Gasteiger partial charge in [-0.05, 0) is 43.2 Å². The zero-order valence-electron chi connectivity index (χ0n) is 16.7. The van der Waals surface area contributed by atoms with E-state index in [1.54, 1.807) is 0 Å². The van der Waals surface area contributed by atoms with Gasteiger partial charge in [0.05, 0.1) is 23.5 Å². The van der Waals surface area contributed by atoms with Crippen LogP contribution in [-0.4, -0.2) is 24.0 Å². The predicted octanol–water partition coefficient (Wildman–Crippen LogP) is 3.38. The van der Waals surface area contributed by atoms with Gasteiger partial charge in [0.25, 0.3) is 5.91 Å². The summed E-state index contributed by atoms with van der Waals surface area (Å²) in [6, 6.07) is 14.9. The van der Waals surface area contributed by atoms with Gasteiger partial charge in [0.2, 0.25) is 5.54 Å². The molecule has 0 radical (unpaired) electrons. The number of H-pyrrole nitrogens is 1. The molecular weight excluding hydrogens is 346 g/mol. The number of benzene rings is 2. The number of quaternary nitrogens is 1. The third-order valence-electron chi connectivity index (χ3n) is 6.49. The molecule has 3 heterocycles. The number of carbonyl (C=O) groups excluding carboxylic acids is 1. The van der Waals surface area contributed by atoms with E-state index in [-0.39, 0.29) is 5.91 Å². The lowest BCUT2D eigenvalue weighted by atomic mass is 9.82. The number of nitrogens with zero attached hydrogens (tertiary/aromatic N) is 1. The molecule has 2 aliphatic rings. The minimum atomic E-state index is -0.663. The van der Waals surface area contributed by atoms with Crippen LogP contribution >= 0.6 is 0 Å². The highest BCUT2D eigenvalue weighted by molar-refractivity contribution is 6.09. The molecule has 1 amide bonds. The van der Waals surface area contributed by atoms with Crippen LogP contribution in [0.2, 0.25) is 0 Å². The Hall–Kier alpha value is -2.59. The van der Waals surface area contributed by atoms with Gasteiger partial charge >= 0.3 is 0 Å². The fraction of sp³-hybridized carbons (Fsp3) is 0.375. The number of aromatic amines is 1. The highest BCUT2D eigenvalue weighted by atomic mass is 16.2. The van der Waals surface area contributed by atoms with Crippen molar-refractivity contribution >= 4 is 22.5 Å². The van der Waals surface area contributed by atoms with E-state index in [9.17, 15) is 4.79 Å². The summed E-state index contributed by atoms with van der Waals surface area (Å²) in [6.45, 7) is 6.06. The first-order valence-electron chi connectivity index (χ1n) is 10.5. The zero-order valence-corrected chi connectivity index (χ0v) is 16.7. The number of amides is 1. The first-order chi connectivity index (χ1) is 13.7. The van der Waals surface area contributed by atoms with Crippen LogP contribution in [0, 0.1) is 6.92 Å². The minimum absolute atomic E-state index is 0.217. The van der Waals surface area contributed by atoms with Crippen LogP contribution in [0.25, 0.3) is 10.9 Å². The Morgan fingerprint density at radius 3 is 2.89 bits per heavy atom. The van der Waals surface area contributed by atoms with E-state index in [2.05, 4.69) is 66.6 Å². The number of nitrogens with one attached hydrogen (secondary N) is 1. The van der Waals surface area contributed by atoms with Gasteiger partial charge in [0.1, 0.15) is 0 Å². The number of aromatic nitrogens is 1. The number of hydrogen-bond acceptors (Lipinski definition) is 1. The van der Waals surface area contributed by atoms with Crippen molar-refractivity contribution in [2.75, 3.05) is 18.0 Å². The van der Waals surface area contributed by atoms with Crippen LogP contribution in [0.15, 0.2) is 42.5 Å². The molecule has 1 spiro atoms. The lowest BCUT2D eigenvalue weighted by Crippen LogP contribution is -2.99. The molecule has 144 valence electrons. The van der Waals surface area contributed by atoms with E-state index in [1.165, 1.54) is 16.5 Å². The van der Waals surface area contributed by atoms with E-state index in [0.29, 0.717) is 0 Å². The summed E-state index contributed by atoms with van der Waals surface area (Å²) in [4.78, 5) is 19.6. The molecule has 0 aliphatic carbocycles. The van der Waals surface area contributed by atoms with Crippen LogP contribution in [0.3, 0.4) is 0 Å². The number of unbranched alkanes of at least 4 members (excludes halogenated alkanes) is 2. The topological polar surface area (TPSA) is 52.7 Å². The number of fused-ring (bicyclic) bond motifs is 6. The maximum Gasteiger partial charge on any atom is 0.299 e. The van der Waals surface area contributed by atoms with Crippen molar-refractivity contribution < 1.29 is 10.1 Å². The van der Waals surface area contributed by atoms with Crippen molar-refractivity contribution in [3.8, 4) is 0 Å². The van der Waals surface area contributed by atoms with Gasteiger partial charge in [-0.15, -0.1) is 0 Å². The molecule has 4 nitrogen and oxygen atoms in total. The predicted molar refractivity (Wildman–Crippen MR) is 113 cm³/mol. The average molecular weight is 375 g/mol. The summed E-state index contributed by atoms with van der Waals surface area (Å²) in [5.74, 6) is 0.217. The first-order valence-corrected chi connectivity index (χ1v) is 10.5. The van der Waals surface area contributed by atoms with Crippen molar-refractivity contribution in [2.45, 2.75) is 45.1 Å². The van der Waals surface area contributed by atoms with Crippen LogP contribution < -0.4 is 10.2 Å². The van der Waals surface area contributed by atoms with Gasteiger partial charge in [0, 0.05) is 23.9 Å². The molecule has 0 bridgehead atoms. The number of nitrogens with two attached hydrogens (primary N) is 1. The Kier molecular flexibility index (Phi) is 4.06. The Morgan fingerprint density at radius 2 is 2.04 bits per heavy atom. The Balaban J connectivity index is 1.70. The van der Waals surface area contributed by atoms with Crippen LogP contribution in [0.5, 0.6) is 0 Å². The average Bonchev–Trinajstić information content (AvgIpc) is 3.19. The molecule has 1 atom stereocenters. The van der Waals surface area contributed by atoms with E-state index in [0.717, 1.165) is 61.2 Å². The van der Waals surface area contributed by atoms with E-state index >= 15 is 0 Å². The van der Waals surface area contributed by atoms with Crippen molar-refractivity contribution in [3.05, 3.63) is 64.8 Å². The summed E-state index contributed by atoms with van der Waals surface area (Å²) in [6.07, 6.45) is 4.35. The summed E-state index contributed by atoms with van der Waals surface area (Å²) in [5.41, 5.74) is 6.37. The fourth-order valence-electron chi connectivity index (χ4n) is 5.15. The van der Waals surface area contributed by atoms with Crippen LogP contribution in [0.4, 0.5) is 5.69 Å². The molecule has 0 unspecified atom stereocenters. The summed E-state index contributed by atoms with van der Waals surface area (Å²) in [7, 11) is 0. The van der Waals surface area contributed by atoms with Crippen LogP contribution in [0.1, 0.15) is 48.6 Å². The second-order valence-corrected chi connectivity index (χ2v) is 8.26. The number of anilines is 1. The quantitative estimate of drug-likeness (QED) is 0.676. The van der Waals surface area contributed by atoms with Crippen LogP contribution in [-0.2, 0) is 16.8 Å². The number of aryl methyl sites for hydroxylation is 1. The third-order valence-corrected chi connectivity index (χ3v) is 6.49. The molecule has 2 aromatic carbocycles. The molecule has 0 saturated heterocycles. The summed E-state index contributed by atoms with van der Waals surface area (Å²) in [5, 5.41) is 3.54. The van der Waals surface area contributed by atoms with Gasteiger partial charge in [-0.1, -0.05) is 43.5 Å². The number of hydrogen-bond donors (Lipinski definition) is 2. The highest BCUT2D eigenvalue weighted by Gasteiger charge is 2.58. The van der Waals surface area contributed by atoms with Gasteiger partial charge in [-0.25, -0.2) is 0 Å². The SMILES string of the molecule is CCCCCN1C(=O)[C@]2([NH2+]CCc3c2[nH]c2ccc(C)cc32)c2ccccc21. The standard InChI is InChI=1S/C24H27N3O/c1-3-4-7-14-27-21-9-6-5-8-19(21)24(23(27)28)22-17(12-13-25-24)18-15-16(2)10-11-20(18)26-22/h5-6,8-11,15,25-26H,3-4,7,12-14H2,1-2H3/p+1/t24-/m0/s1. The molecule has 28 heavy (non-hydrogen) atoms. The number of para-hydroxylation sites is 1. The second kappa shape index (κ2) is 6.49. The minimum Gasteiger partial charge on any atom is -0.352 e. The molecule has 0 saturated carbocycles. The number of carbonyl (C=O) groups is 1. The van der Waals surface area contributed by atoms with E-state index in [1.807, 2.05) is 4.90 Å². The monoisotopic (exact) mass is 374 g/mol. The molecule has 0 fully saturated rings. The highest BCUT2D eigenvalue weighted by Crippen LogP contribution is 2.45. The Bertz CT molecular complexity index is 1070. The van der Waals surface area contributed by atoms with Gasteiger partial charge < -0.3 is 15.2 Å². The van der Waals surface area contributed by atoms with Crippen molar-refractivity contribution in [1.29, 1.82) is 0 Å². The molecule has 4 heteroatoms. The molecular formula is C24H28N3O+. The lowest BCUT2D eigenvalue weighted by molar-refractivity contribution is -0.714. The third kappa shape index (κ3) is 2.31. The summed E-state index contributed by atoms with van der Waals surface area (Å²) < 4.78 is 0. The van der Waals surface area contributed by atoms with E-state index < -0.39 is 5.54 Å². The largest absolute Gasteiger partial charge is 0.352 e. The van der Waals surface area contributed by atoms with Gasteiger partial charge in [-0.3, -0.25) is 4.79 Å². The zero-order chi connectivity index (χ0) is 19.3. The fourth-order valence-corrected chi connectivity index (χ4v) is 5.15. The molecule has 3 aromatic rings. The normalized spacial score (nSPS) is 20.8. The lowest BCUT2D eigenvalue weighted by Gasteiger charge is -2.30. The van der Waals surface area contributed by atoms with E-state index in [4.69, 9.17) is 0 Å². The van der Waals surface area contributed by atoms with Crippen molar-refractivity contribution in [1.82, 2.24) is 4.98 Å². The molecule has 3 N–H and O–H groups in total. The number of rotatable bonds is 4. The smallest absolute Gasteiger partial charge is 0.299 e. The maximum absolute atomic E-state index is 13.9.